The van der Waals surface area contributed by atoms with Crippen molar-refractivity contribution in [1.29, 1.82) is 0 Å². The molecule has 1 atom stereocenters. The minimum Gasteiger partial charge on any atom is -0.495 e. The first-order valence-corrected chi connectivity index (χ1v) is 4.97. The summed E-state index contributed by atoms with van der Waals surface area (Å²) < 4.78 is 5.10. The van der Waals surface area contributed by atoms with Crippen LogP contribution in [0.4, 0.5) is 0 Å². The van der Waals surface area contributed by atoms with E-state index in [9.17, 15) is 5.11 Å². The third kappa shape index (κ3) is 1.99. The average molecular weight is 186 g/mol. The van der Waals surface area contributed by atoms with Crippen LogP contribution < -0.4 is 4.74 Å². The maximum absolute atomic E-state index is 9.65. The van der Waals surface area contributed by atoms with Gasteiger partial charge in [0.25, 0.3) is 0 Å². The van der Waals surface area contributed by atoms with E-state index in [0.29, 0.717) is 0 Å². The Morgan fingerprint density at radius 2 is 2.42 bits per heavy atom. The van der Waals surface area contributed by atoms with Crippen molar-refractivity contribution in [2.24, 2.45) is 0 Å². The van der Waals surface area contributed by atoms with Crippen LogP contribution in [0.25, 0.3) is 0 Å². The van der Waals surface area contributed by atoms with Crippen LogP contribution in [0.1, 0.15) is 30.7 Å². The Kier molecular flexibility index (Phi) is 3.56. The minimum absolute atomic E-state index is 0.357. The molecule has 12 heavy (non-hydrogen) atoms. The third-order valence-electron chi connectivity index (χ3n) is 1.74. The smallest absolute Gasteiger partial charge is 0.135 e. The lowest BCUT2D eigenvalue weighted by Gasteiger charge is -2.08. The Morgan fingerprint density at radius 3 is 3.00 bits per heavy atom. The van der Waals surface area contributed by atoms with Crippen LogP contribution in [0.15, 0.2) is 11.4 Å². The molecule has 0 aliphatic rings. The molecule has 0 saturated heterocycles. The maximum Gasteiger partial charge on any atom is 0.135 e. The molecule has 0 aromatic carbocycles. The first-order valence-electron chi connectivity index (χ1n) is 4.09. The van der Waals surface area contributed by atoms with Crippen molar-refractivity contribution in [3.63, 3.8) is 0 Å². The number of hydrogen-bond donors (Lipinski definition) is 1. The van der Waals surface area contributed by atoms with E-state index in [1.165, 1.54) is 0 Å². The molecule has 68 valence electrons. The standard InChI is InChI=1S/C9H14O2S/c1-3-4-7(10)9-8(11-2)5-6-12-9/h5-7,10H,3-4H2,1-2H3. The summed E-state index contributed by atoms with van der Waals surface area (Å²) in [6, 6.07) is 1.89. The molecule has 0 aliphatic carbocycles. The van der Waals surface area contributed by atoms with E-state index in [1.807, 2.05) is 11.4 Å². The average Bonchev–Trinajstić information content (AvgIpc) is 2.51. The lowest BCUT2D eigenvalue weighted by atomic mass is 10.2. The highest BCUT2D eigenvalue weighted by Crippen LogP contribution is 2.32. The summed E-state index contributed by atoms with van der Waals surface area (Å²) in [5.41, 5.74) is 0. The Bertz CT molecular complexity index is 232. The van der Waals surface area contributed by atoms with Crippen LogP contribution in [0.3, 0.4) is 0 Å². The predicted octanol–water partition coefficient (Wildman–Crippen LogP) is 2.59. The molecule has 2 nitrogen and oxygen atoms in total. The molecule has 0 saturated carbocycles. The zero-order chi connectivity index (χ0) is 8.97. The predicted molar refractivity (Wildman–Crippen MR) is 50.7 cm³/mol. The first-order chi connectivity index (χ1) is 5.79. The van der Waals surface area contributed by atoms with Gasteiger partial charge in [-0.2, -0.15) is 0 Å². The van der Waals surface area contributed by atoms with E-state index in [1.54, 1.807) is 18.4 Å². The van der Waals surface area contributed by atoms with E-state index in [2.05, 4.69) is 6.92 Å². The van der Waals surface area contributed by atoms with Crippen molar-refractivity contribution in [2.45, 2.75) is 25.9 Å². The number of methoxy groups -OCH3 is 1. The fourth-order valence-electron chi connectivity index (χ4n) is 1.13. The fourth-order valence-corrected chi connectivity index (χ4v) is 2.01. The Labute approximate surface area is 76.8 Å². The Hall–Kier alpha value is -0.540. The molecule has 0 spiro atoms. The van der Waals surface area contributed by atoms with Gasteiger partial charge in [-0.25, -0.2) is 0 Å². The lowest BCUT2D eigenvalue weighted by Crippen LogP contribution is -1.95. The summed E-state index contributed by atoms with van der Waals surface area (Å²) in [5, 5.41) is 11.6. The van der Waals surface area contributed by atoms with Gasteiger partial charge < -0.3 is 9.84 Å². The van der Waals surface area contributed by atoms with Crippen molar-refractivity contribution >= 4 is 11.3 Å². The molecule has 0 amide bonds. The zero-order valence-corrected chi connectivity index (χ0v) is 8.23. The molecule has 0 fully saturated rings. The van der Waals surface area contributed by atoms with E-state index >= 15 is 0 Å². The molecule has 1 aromatic heterocycles. The maximum atomic E-state index is 9.65. The number of rotatable bonds is 4. The summed E-state index contributed by atoms with van der Waals surface area (Å²) >= 11 is 1.55. The van der Waals surface area contributed by atoms with E-state index in [4.69, 9.17) is 4.74 Å². The zero-order valence-electron chi connectivity index (χ0n) is 7.41. The van der Waals surface area contributed by atoms with Crippen molar-refractivity contribution in [3.8, 4) is 5.75 Å². The molecule has 0 radical (unpaired) electrons. The number of hydrogen-bond acceptors (Lipinski definition) is 3. The van der Waals surface area contributed by atoms with Gasteiger partial charge in [0.1, 0.15) is 5.75 Å². The first kappa shape index (κ1) is 9.55. The van der Waals surface area contributed by atoms with Gasteiger partial charge in [0.15, 0.2) is 0 Å². The van der Waals surface area contributed by atoms with Gasteiger partial charge in [-0.15, -0.1) is 11.3 Å². The van der Waals surface area contributed by atoms with E-state index < -0.39 is 0 Å². The molecular formula is C9H14O2S. The van der Waals surface area contributed by atoms with Crippen LogP contribution in [0.5, 0.6) is 5.75 Å². The number of aliphatic hydroxyl groups excluding tert-OH is 1. The highest BCUT2D eigenvalue weighted by molar-refractivity contribution is 7.10. The molecule has 3 heteroatoms. The second kappa shape index (κ2) is 4.48. The van der Waals surface area contributed by atoms with Gasteiger partial charge in [-0.05, 0) is 17.9 Å². The van der Waals surface area contributed by atoms with Gasteiger partial charge in [-0.1, -0.05) is 13.3 Å². The summed E-state index contributed by atoms with van der Waals surface area (Å²) in [7, 11) is 1.63. The topological polar surface area (TPSA) is 29.5 Å². The summed E-state index contributed by atoms with van der Waals surface area (Å²) in [6.07, 6.45) is 1.43. The molecule has 0 aliphatic heterocycles. The lowest BCUT2D eigenvalue weighted by molar-refractivity contribution is 0.166. The molecule has 1 heterocycles. The molecule has 1 rings (SSSR count). The fraction of sp³-hybridized carbons (Fsp3) is 0.556. The molecule has 1 N–H and O–H groups in total. The van der Waals surface area contributed by atoms with E-state index in [-0.39, 0.29) is 6.10 Å². The van der Waals surface area contributed by atoms with Gasteiger partial charge in [-0.3, -0.25) is 0 Å². The SMILES string of the molecule is CCCC(O)c1sccc1OC. The van der Waals surface area contributed by atoms with Crippen LogP contribution >= 0.6 is 11.3 Å². The second-order valence-corrected chi connectivity index (χ2v) is 3.61. The molecule has 1 unspecified atom stereocenters. The van der Waals surface area contributed by atoms with Crippen LogP contribution in [-0.2, 0) is 0 Å². The van der Waals surface area contributed by atoms with Crippen molar-refractivity contribution in [2.75, 3.05) is 7.11 Å². The monoisotopic (exact) mass is 186 g/mol. The Balaban J connectivity index is 2.71. The van der Waals surface area contributed by atoms with Crippen molar-refractivity contribution in [3.05, 3.63) is 16.3 Å². The largest absolute Gasteiger partial charge is 0.495 e. The quantitative estimate of drug-likeness (QED) is 0.783. The van der Waals surface area contributed by atoms with Gasteiger partial charge >= 0.3 is 0 Å². The third-order valence-corrected chi connectivity index (χ3v) is 2.74. The van der Waals surface area contributed by atoms with Gasteiger partial charge in [0, 0.05) is 0 Å². The summed E-state index contributed by atoms with van der Waals surface area (Å²) in [6.45, 7) is 2.06. The number of ether oxygens (including phenoxy) is 1. The second-order valence-electron chi connectivity index (χ2n) is 2.66. The van der Waals surface area contributed by atoms with Crippen LogP contribution in [0, 0.1) is 0 Å². The van der Waals surface area contributed by atoms with Crippen LogP contribution in [-0.4, -0.2) is 12.2 Å². The molecular weight excluding hydrogens is 172 g/mol. The van der Waals surface area contributed by atoms with Crippen LogP contribution in [0.2, 0.25) is 0 Å². The Morgan fingerprint density at radius 1 is 1.67 bits per heavy atom. The summed E-state index contributed by atoms with van der Waals surface area (Å²) in [5.74, 6) is 0.806. The number of aliphatic hydroxyl groups is 1. The number of thiophene rings is 1. The van der Waals surface area contributed by atoms with E-state index in [0.717, 1.165) is 23.5 Å². The molecule has 0 bridgehead atoms. The minimum atomic E-state index is -0.357. The van der Waals surface area contributed by atoms with Crippen molar-refractivity contribution in [1.82, 2.24) is 0 Å². The molecule has 1 aromatic rings. The summed E-state index contributed by atoms with van der Waals surface area (Å²) in [4.78, 5) is 0.944. The van der Waals surface area contributed by atoms with Gasteiger partial charge in [0.2, 0.25) is 0 Å². The normalized spacial score (nSPS) is 12.9. The van der Waals surface area contributed by atoms with Gasteiger partial charge in [0.05, 0.1) is 18.1 Å². The highest BCUT2D eigenvalue weighted by Gasteiger charge is 2.13. The highest BCUT2D eigenvalue weighted by atomic mass is 32.1. The van der Waals surface area contributed by atoms with Crippen molar-refractivity contribution < 1.29 is 9.84 Å².